The lowest BCUT2D eigenvalue weighted by Gasteiger charge is -2.20. The van der Waals surface area contributed by atoms with Crippen molar-refractivity contribution in [3.8, 4) is 0 Å². The highest BCUT2D eigenvalue weighted by molar-refractivity contribution is 9.10. The van der Waals surface area contributed by atoms with Crippen molar-refractivity contribution < 1.29 is 0 Å². The quantitative estimate of drug-likeness (QED) is 0.763. The average molecular weight is 353 g/mol. The van der Waals surface area contributed by atoms with Crippen molar-refractivity contribution in [1.82, 2.24) is 5.32 Å². The number of rotatable bonds is 5. The number of aryl methyl sites for hydroxylation is 1. The summed E-state index contributed by atoms with van der Waals surface area (Å²) in [4.78, 5) is 0. The van der Waals surface area contributed by atoms with Crippen molar-refractivity contribution in [2.24, 2.45) is 0 Å². The van der Waals surface area contributed by atoms with Crippen LogP contribution < -0.4 is 5.32 Å². The summed E-state index contributed by atoms with van der Waals surface area (Å²) in [5.41, 5.74) is 3.71. The Morgan fingerprint density at radius 1 is 1.10 bits per heavy atom. The normalized spacial score (nSPS) is 12.4. The maximum Gasteiger partial charge on any atom is 0.0591 e. The van der Waals surface area contributed by atoms with Crippen LogP contribution in [0.2, 0.25) is 5.02 Å². The van der Waals surface area contributed by atoms with E-state index in [0.29, 0.717) is 0 Å². The van der Waals surface area contributed by atoms with Crippen LogP contribution >= 0.6 is 27.5 Å². The van der Waals surface area contributed by atoms with Gasteiger partial charge in [0.25, 0.3) is 0 Å². The zero-order valence-electron chi connectivity index (χ0n) is 11.8. The summed E-state index contributed by atoms with van der Waals surface area (Å²) in [6, 6.07) is 14.9. The molecule has 0 spiro atoms. The molecule has 20 heavy (non-hydrogen) atoms. The van der Waals surface area contributed by atoms with Gasteiger partial charge in [-0.3, -0.25) is 0 Å². The highest BCUT2D eigenvalue weighted by atomic mass is 79.9. The standard InChI is InChI=1S/C17H19BrClN/c1-3-12-5-7-13(8-6-12)17(20-4-2)15-10-9-14(18)11-16(15)19/h5-11,17,20H,3-4H2,1-2H3. The van der Waals surface area contributed by atoms with Crippen LogP contribution in [0.25, 0.3) is 0 Å². The zero-order chi connectivity index (χ0) is 14.5. The van der Waals surface area contributed by atoms with Gasteiger partial charge in [0.05, 0.1) is 6.04 Å². The van der Waals surface area contributed by atoms with Crippen molar-refractivity contribution in [3.05, 3.63) is 68.7 Å². The first-order chi connectivity index (χ1) is 9.65. The molecule has 0 amide bonds. The largest absolute Gasteiger partial charge is 0.306 e. The van der Waals surface area contributed by atoms with Crippen molar-refractivity contribution in [2.75, 3.05) is 6.54 Å². The molecule has 106 valence electrons. The molecule has 1 N–H and O–H groups in total. The van der Waals surface area contributed by atoms with E-state index in [0.717, 1.165) is 28.0 Å². The van der Waals surface area contributed by atoms with Gasteiger partial charge in [0.15, 0.2) is 0 Å². The smallest absolute Gasteiger partial charge is 0.0591 e. The van der Waals surface area contributed by atoms with Crippen LogP contribution in [-0.2, 0) is 6.42 Å². The van der Waals surface area contributed by atoms with Gasteiger partial charge in [0, 0.05) is 9.50 Å². The van der Waals surface area contributed by atoms with Crippen molar-refractivity contribution >= 4 is 27.5 Å². The Kier molecular flexibility index (Phi) is 5.64. The van der Waals surface area contributed by atoms with E-state index >= 15 is 0 Å². The third-order valence-corrected chi connectivity index (χ3v) is 4.22. The maximum atomic E-state index is 6.40. The van der Waals surface area contributed by atoms with Crippen LogP contribution in [0.1, 0.15) is 36.6 Å². The van der Waals surface area contributed by atoms with Gasteiger partial charge in [-0.2, -0.15) is 0 Å². The molecule has 0 heterocycles. The van der Waals surface area contributed by atoms with Gasteiger partial charge >= 0.3 is 0 Å². The molecule has 0 radical (unpaired) electrons. The first kappa shape index (κ1) is 15.6. The van der Waals surface area contributed by atoms with E-state index in [9.17, 15) is 0 Å². The molecule has 1 atom stereocenters. The number of halogens is 2. The van der Waals surface area contributed by atoms with Crippen molar-refractivity contribution in [3.63, 3.8) is 0 Å². The van der Waals surface area contributed by atoms with E-state index in [-0.39, 0.29) is 6.04 Å². The molecule has 1 nitrogen and oxygen atoms in total. The predicted molar refractivity (Wildman–Crippen MR) is 90.5 cm³/mol. The summed E-state index contributed by atoms with van der Waals surface area (Å²) >= 11 is 9.85. The molecule has 3 heteroatoms. The van der Waals surface area contributed by atoms with E-state index in [1.165, 1.54) is 11.1 Å². The Labute approximate surface area is 134 Å². The highest BCUT2D eigenvalue weighted by Crippen LogP contribution is 2.30. The minimum absolute atomic E-state index is 0.131. The first-order valence-electron chi connectivity index (χ1n) is 6.92. The van der Waals surface area contributed by atoms with Crippen LogP contribution in [0.4, 0.5) is 0 Å². The molecule has 2 aromatic carbocycles. The van der Waals surface area contributed by atoms with Crippen LogP contribution in [0.15, 0.2) is 46.9 Å². The summed E-state index contributed by atoms with van der Waals surface area (Å²) in [6.45, 7) is 5.18. The molecule has 2 aromatic rings. The minimum atomic E-state index is 0.131. The van der Waals surface area contributed by atoms with Crippen LogP contribution in [0, 0.1) is 0 Å². The Bertz CT molecular complexity index is 566. The molecule has 0 bridgehead atoms. The first-order valence-corrected chi connectivity index (χ1v) is 8.10. The van der Waals surface area contributed by atoms with Crippen LogP contribution in [0.5, 0.6) is 0 Å². The van der Waals surface area contributed by atoms with Crippen molar-refractivity contribution in [1.29, 1.82) is 0 Å². The molecule has 0 aliphatic carbocycles. The molecular formula is C17H19BrClN. The molecule has 0 fully saturated rings. The lowest BCUT2D eigenvalue weighted by atomic mass is 9.97. The fourth-order valence-corrected chi connectivity index (χ4v) is 3.08. The maximum absolute atomic E-state index is 6.40. The third kappa shape index (κ3) is 3.63. The van der Waals surface area contributed by atoms with Crippen molar-refractivity contribution in [2.45, 2.75) is 26.3 Å². The van der Waals surface area contributed by atoms with Gasteiger partial charge in [-0.15, -0.1) is 0 Å². The summed E-state index contributed by atoms with van der Waals surface area (Å²) < 4.78 is 1.00. The summed E-state index contributed by atoms with van der Waals surface area (Å²) in [6.07, 6.45) is 1.06. The lowest BCUT2D eigenvalue weighted by Crippen LogP contribution is -2.22. The SMILES string of the molecule is CCNC(c1ccc(CC)cc1)c1ccc(Br)cc1Cl. The third-order valence-electron chi connectivity index (χ3n) is 3.40. The summed E-state index contributed by atoms with van der Waals surface area (Å²) in [7, 11) is 0. The van der Waals surface area contributed by atoms with Gasteiger partial charge in [-0.25, -0.2) is 0 Å². The Morgan fingerprint density at radius 2 is 1.80 bits per heavy atom. The fourth-order valence-electron chi connectivity index (χ4n) is 2.29. The number of benzene rings is 2. The topological polar surface area (TPSA) is 12.0 Å². The average Bonchev–Trinajstić information content (AvgIpc) is 2.46. The molecular weight excluding hydrogens is 334 g/mol. The Hall–Kier alpha value is -0.830. The highest BCUT2D eigenvalue weighted by Gasteiger charge is 2.16. The molecule has 0 aromatic heterocycles. The lowest BCUT2D eigenvalue weighted by molar-refractivity contribution is 0.630. The number of hydrogen-bond donors (Lipinski definition) is 1. The van der Waals surface area contributed by atoms with E-state index in [4.69, 9.17) is 11.6 Å². The van der Waals surface area contributed by atoms with Gasteiger partial charge in [0.2, 0.25) is 0 Å². The van der Waals surface area contributed by atoms with E-state index in [2.05, 4.69) is 65.4 Å². The second-order valence-electron chi connectivity index (χ2n) is 4.75. The summed E-state index contributed by atoms with van der Waals surface area (Å²) in [5.74, 6) is 0. The second-order valence-corrected chi connectivity index (χ2v) is 6.07. The van der Waals surface area contributed by atoms with Crippen LogP contribution in [0.3, 0.4) is 0 Å². The minimum Gasteiger partial charge on any atom is -0.306 e. The van der Waals surface area contributed by atoms with E-state index in [1.807, 2.05) is 12.1 Å². The van der Waals surface area contributed by atoms with E-state index < -0.39 is 0 Å². The Morgan fingerprint density at radius 3 is 2.35 bits per heavy atom. The fraction of sp³-hybridized carbons (Fsp3) is 0.294. The molecule has 0 aliphatic rings. The van der Waals surface area contributed by atoms with Gasteiger partial charge < -0.3 is 5.32 Å². The van der Waals surface area contributed by atoms with Gasteiger partial charge in [0.1, 0.15) is 0 Å². The molecule has 0 aliphatic heterocycles. The number of hydrogen-bond acceptors (Lipinski definition) is 1. The second kappa shape index (κ2) is 7.26. The zero-order valence-corrected chi connectivity index (χ0v) is 14.1. The molecule has 1 unspecified atom stereocenters. The molecule has 2 rings (SSSR count). The van der Waals surface area contributed by atoms with Gasteiger partial charge in [-0.1, -0.05) is 71.7 Å². The van der Waals surface area contributed by atoms with Gasteiger partial charge in [-0.05, 0) is 41.8 Å². The molecule has 0 saturated carbocycles. The molecule has 0 saturated heterocycles. The summed E-state index contributed by atoms with van der Waals surface area (Å²) in [5, 5.41) is 4.30. The van der Waals surface area contributed by atoms with Crippen LogP contribution in [-0.4, -0.2) is 6.54 Å². The van der Waals surface area contributed by atoms with E-state index in [1.54, 1.807) is 0 Å². The number of nitrogens with one attached hydrogen (secondary N) is 1. The Balaban J connectivity index is 2.38. The monoisotopic (exact) mass is 351 g/mol. The predicted octanol–water partition coefficient (Wildman–Crippen LogP) is 5.36.